The van der Waals surface area contributed by atoms with Crippen LogP contribution in [0.3, 0.4) is 0 Å². The van der Waals surface area contributed by atoms with E-state index in [1.807, 2.05) is 0 Å². The first kappa shape index (κ1) is 15.9. The van der Waals surface area contributed by atoms with Crippen molar-refractivity contribution in [2.75, 3.05) is 13.1 Å². The third kappa shape index (κ3) is 2.73. The van der Waals surface area contributed by atoms with Crippen LogP contribution in [0.1, 0.15) is 53.8 Å². The molecule has 0 bridgehead atoms. The Hall–Kier alpha value is -2.58. The van der Waals surface area contributed by atoms with Crippen LogP contribution in [0.25, 0.3) is 0 Å². The van der Waals surface area contributed by atoms with E-state index in [0.29, 0.717) is 5.82 Å². The van der Waals surface area contributed by atoms with Crippen LogP contribution >= 0.6 is 0 Å². The van der Waals surface area contributed by atoms with Crippen molar-refractivity contribution in [1.29, 1.82) is 0 Å². The number of amides is 1. The number of halogens is 1. The van der Waals surface area contributed by atoms with E-state index in [1.54, 1.807) is 0 Å². The first-order chi connectivity index (χ1) is 12.0. The second-order valence-electron chi connectivity index (χ2n) is 6.71. The van der Waals surface area contributed by atoms with Crippen LogP contribution in [0.15, 0.2) is 21.5 Å². The Morgan fingerprint density at radius 2 is 2.20 bits per heavy atom. The van der Waals surface area contributed by atoms with Crippen molar-refractivity contribution in [3.63, 3.8) is 0 Å². The van der Waals surface area contributed by atoms with Crippen molar-refractivity contribution in [2.45, 2.75) is 37.3 Å². The number of carbonyl (C=O) groups is 1. The zero-order valence-corrected chi connectivity index (χ0v) is 13.8. The van der Waals surface area contributed by atoms with Gasteiger partial charge in [-0.2, -0.15) is 10.1 Å². The maximum Gasteiger partial charge on any atom is 0.274 e. The van der Waals surface area contributed by atoms with Gasteiger partial charge in [-0.05, 0) is 18.9 Å². The Morgan fingerprint density at radius 3 is 2.88 bits per heavy atom. The van der Waals surface area contributed by atoms with Gasteiger partial charge in [0.2, 0.25) is 5.67 Å². The number of hydrogen-bond acceptors (Lipinski definition) is 6. The van der Waals surface area contributed by atoms with Crippen molar-refractivity contribution in [2.24, 2.45) is 7.05 Å². The Kier molecular flexibility index (Phi) is 3.66. The average Bonchev–Trinajstić information content (AvgIpc) is 3.16. The van der Waals surface area contributed by atoms with E-state index in [-0.39, 0.29) is 42.6 Å². The highest BCUT2D eigenvalue weighted by atomic mass is 19.1. The molecule has 1 aliphatic heterocycles. The number of aromatic nitrogens is 4. The molecule has 1 saturated carbocycles. The van der Waals surface area contributed by atoms with Crippen LogP contribution < -0.4 is 5.56 Å². The molecule has 3 heterocycles. The first-order valence-corrected chi connectivity index (χ1v) is 8.33. The van der Waals surface area contributed by atoms with Gasteiger partial charge in [0.25, 0.3) is 17.4 Å². The van der Waals surface area contributed by atoms with Gasteiger partial charge in [0.15, 0.2) is 5.82 Å². The lowest BCUT2D eigenvalue weighted by Crippen LogP contribution is -2.34. The third-order valence-electron chi connectivity index (χ3n) is 4.98. The molecule has 4 rings (SSSR count). The smallest absolute Gasteiger partial charge is 0.274 e. The summed E-state index contributed by atoms with van der Waals surface area (Å²) in [5.41, 5.74) is -2.05. The molecule has 2 aliphatic rings. The molecule has 1 atom stereocenters. The zero-order valence-electron chi connectivity index (χ0n) is 13.8. The minimum atomic E-state index is -1.84. The van der Waals surface area contributed by atoms with Gasteiger partial charge < -0.3 is 9.42 Å². The molecule has 8 nitrogen and oxygen atoms in total. The Labute approximate surface area is 142 Å². The number of likely N-dealkylation sites (tertiary alicyclic amines) is 1. The molecule has 1 aliphatic carbocycles. The van der Waals surface area contributed by atoms with Gasteiger partial charge in [-0.15, -0.1) is 0 Å². The minimum Gasteiger partial charge on any atom is -0.336 e. The fourth-order valence-corrected chi connectivity index (χ4v) is 3.15. The van der Waals surface area contributed by atoms with Crippen LogP contribution in [0.2, 0.25) is 0 Å². The highest BCUT2D eigenvalue weighted by Gasteiger charge is 2.47. The van der Waals surface area contributed by atoms with Crippen LogP contribution in [0, 0.1) is 0 Å². The van der Waals surface area contributed by atoms with Crippen molar-refractivity contribution < 1.29 is 13.7 Å². The molecule has 2 aromatic heterocycles. The van der Waals surface area contributed by atoms with Gasteiger partial charge in [-0.25, -0.2) is 9.07 Å². The van der Waals surface area contributed by atoms with Crippen LogP contribution in [-0.4, -0.2) is 43.8 Å². The molecular formula is C16H18FN5O3. The summed E-state index contributed by atoms with van der Waals surface area (Å²) < 4.78 is 21.5. The second kappa shape index (κ2) is 5.75. The Balaban J connectivity index is 1.51. The predicted molar refractivity (Wildman–Crippen MR) is 83.7 cm³/mol. The standard InChI is InChI=1S/C16H18FN5O3/c1-21-12(23)6-5-11(19-21)14(24)22-8-7-16(17,9-22)15-18-13(20-25-15)10-3-2-4-10/h5-6,10H,2-4,7-9H2,1H3. The van der Waals surface area contributed by atoms with Crippen LogP contribution in [0.4, 0.5) is 4.39 Å². The van der Waals surface area contributed by atoms with Crippen molar-refractivity contribution in [3.05, 3.63) is 39.9 Å². The fourth-order valence-electron chi connectivity index (χ4n) is 3.15. The molecule has 1 amide bonds. The molecule has 2 fully saturated rings. The summed E-state index contributed by atoms with van der Waals surface area (Å²) in [6.45, 7) is 0.0592. The highest BCUT2D eigenvalue weighted by Crippen LogP contribution is 2.39. The van der Waals surface area contributed by atoms with Gasteiger partial charge in [-0.3, -0.25) is 9.59 Å². The second-order valence-corrected chi connectivity index (χ2v) is 6.71. The third-order valence-corrected chi connectivity index (χ3v) is 4.98. The molecule has 1 saturated heterocycles. The minimum absolute atomic E-state index is 0.0573. The molecule has 25 heavy (non-hydrogen) atoms. The quantitative estimate of drug-likeness (QED) is 0.826. The normalized spacial score (nSPS) is 23.7. The van der Waals surface area contributed by atoms with Gasteiger partial charge in [-0.1, -0.05) is 11.6 Å². The molecule has 9 heteroatoms. The number of aryl methyl sites for hydroxylation is 1. The summed E-state index contributed by atoms with van der Waals surface area (Å²) in [4.78, 5) is 29.5. The van der Waals surface area contributed by atoms with Crippen LogP contribution in [0.5, 0.6) is 0 Å². The van der Waals surface area contributed by atoms with Gasteiger partial charge >= 0.3 is 0 Å². The predicted octanol–water partition coefficient (Wildman–Crippen LogP) is 1.14. The lowest BCUT2D eigenvalue weighted by molar-refractivity contribution is 0.0709. The number of rotatable bonds is 3. The largest absolute Gasteiger partial charge is 0.336 e. The maximum absolute atomic E-state index is 15.2. The van der Waals surface area contributed by atoms with E-state index < -0.39 is 11.6 Å². The zero-order chi connectivity index (χ0) is 17.6. The van der Waals surface area contributed by atoms with E-state index in [0.717, 1.165) is 23.9 Å². The van der Waals surface area contributed by atoms with E-state index in [2.05, 4.69) is 15.2 Å². The summed E-state index contributed by atoms with van der Waals surface area (Å²) >= 11 is 0. The maximum atomic E-state index is 15.2. The van der Waals surface area contributed by atoms with E-state index in [4.69, 9.17) is 4.52 Å². The van der Waals surface area contributed by atoms with Gasteiger partial charge in [0.1, 0.15) is 5.69 Å². The van der Waals surface area contributed by atoms with Gasteiger partial charge in [0.05, 0.1) is 6.54 Å². The monoisotopic (exact) mass is 347 g/mol. The van der Waals surface area contributed by atoms with Gasteiger partial charge in [0, 0.05) is 32.0 Å². The van der Waals surface area contributed by atoms with Crippen molar-refractivity contribution in [3.8, 4) is 0 Å². The molecule has 1 unspecified atom stereocenters. The Morgan fingerprint density at radius 1 is 1.40 bits per heavy atom. The molecule has 0 spiro atoms. The summed E-state index contributed by atoms with van der Waals surface area (Å²) in [5.74, 6) is 0.338. The molecule has 0 aromatic carbocycles. The summed E-state index contributed by atoms with van der Waals surface area (Å²) in [7, 11) is 1.46. The summed E-state index contributed by atoms with van der Waals surface area (Å²) in [6.07, 6.45) is 3.23. The van der Waals surface area contributed by atoms with Crippen molar-refractivity contribution >= 4 is 5.91 Å². The molecule has 132 valence electrons. The molecule has 2 aromatic rings. The van der Waals surface area contributed by atoms with E-state index in [9.17, 15) is 9.59 Å². The molecular weight excluding hydrogens is 329 g/mol. The first-order valence-electron chi connectivity index (χ1n) is 8.33. The van der Waals surface area contributed by atoms with Crippen molar-refractivity contribution in [1.82, 2.24) is 24.8 Å². The highest BCUT2D eigenvalue weighted by molar-refractivity contribution is 5.92. The number of alkyl halides is 1. The average molecular weight is 347 g/mol. The summed E-state index contributed by atoms with van der Waals surface area (Å²) in [5, 5.41) is 7.82. The fraction of sp³-hybridized carbons (Fsp3) is 0.562. The lowest BCUT2D eigenvalue weighted by Gasteiger charge is -2.21. The number of hydrogen-bond donors (Lipinski definition) is 0. The number of carbonyl (C=O) groups excluding carboxylic acids is 1. The summed E-state index contributed by atoms with van der Waals surface area (Å²) in [6, 6.07) is 2.62. The lowest BCUT2D eigenvalue weighted by atomic mass is 9.85. The topological polar surface area (TPSA) is 94.1 Å². The van der Waals surface area contributed by atoms with Crippen LogP contribution in [-0.2, 0) is 12.7 Å². The number of nitrogens with zero attached hydrogens (tertiary/aromatic N) is 5. The molecule has 0 N–H and O–H groups in total. The SMILES string of the molecule is Cn1nc(C(=O)N2CCC(F)(c3nc(C4CCC4)no3)C2)ccc1=O. The Bertz CT molecular complexity index is 875. The van der Waals surface area contributed by atoms with E-state index >= 15 is 4.39 Å². The molecule has 0 radical (unpaired) electrons. The van der Waals surface area contributed by atoms with E-state index in [1.165, 1.54) is 24.1 Å².